The van der Waals surface area contributed by atoms with E-state index in [4.69, 9.17) is 11.6 Å². The van der Waals surface area contributed by atoms with Crippen molar-refractivity contribution in [1.29, 1.82) is 5.26 Å². The maximum atomic E-state index is 9.26. The minimum absolute atomic E-state index is 0.439. The Bertz CT molecular complexity index is 570. The van der Waals surface area contributed by atoms with Crippen molar-refractivity contribution in [1.82, 2.24) is 9.55 Å². The highest BCUT2D eigenvalue weighted by Gasteiger charge is 2.14. The normalized spacial score (nSPS) is 11.8. The van der Waals surface area contributed by atoms with Gasteiger partial charge in [0.1, 0.15) is 0 Å². The van der Waals surface area contributed by atoms with E-state index >= 15 is 0 Å². The average Bonchev–Trinajstić information content (AvgIpc) is 2.84. The molecule has 0 aliphatic rings. The Balaban J connectivity index is 2.23. The molecular weight excluding hydrogens is 248 g/mol. The van der Waals surface area contributed by atoms with Gasteiger partial charge in [-0.3, -0.25) is 0 Å². The number of imidazole rings is 1. The fourth-order valence-corrected chi connectivity index (χ4v) is 1.94. The van der Waals surface area contributed by atoms with Crippen LogP contribution in [0.2, 0.25) is 5.02 Å². The van der Waals surface area contributed by atoms with Crippen LogP contribution in [0, 0.1) is 11.3 Å². The third-order valence-corrected chi connectivity index (χ3v) is 2.88. The molecule has 18 heavy (non-hydrogen) atoms. The Morgan fingerprint density at radius 3 is 3.06 bits per heavy atom. The van der Waals surface area contributed by atoms with Gasteiger partial charge in [0, 0.05) is 17.3 Å². The summed E-state index contributed by atoms with van der Waals surface area (Å²) in [5, 5.41) is 13.0. The number of aromatic nitrogens is 2. The van der Waals surface area contributed by atoms with Crippen LogP contribution in [0.4, 0.5) is 5.69 Å². The zero-order chi connectivity index (χ0) is 13.0. The SMILES string of the molecule is CCn1cncc1C(C#N)Nc1cccc(Cl)c1. The van der Waals surface area contributed by atoms with E-state index in [0.717, 1.165) is 17.9 Å². The predicted molar refractivity (Wildman–Crippen MR) is 71.3 cm³/mol. The molecule has 92 valence electrons. The third-order valence-electron chi connectivity index (χ3n) is 2.65. The number of hydrogen-bond acceptors (Lipinski definition) is 3. The number of benzene rings is 1. The van der Waals surface area contributed by atoms with E-state index in [1.165, 1.54) is 0 Å². The Morgan fingerprint density at radius 1 is 1.56 bits per heavy atom. The Hall–Kier alpha value is -1.99. The molecule has 1 atom stereocenters. The van der Waals surface area contributed by atoms with E-state index in [1.54, 1.807) is 24.7 Å². The van der Waals surface area contributed by atoms with Crippen molar-refractivity contribution in [2.75, 3.05) is 5.32 Å². The highest BCUT2D eigenvalue weighted by molar-refractivity contribution is 6.30. The summed E-state index contributed by atoms with van der Waals surface area (Å²) in [6.07, 6.45) is 3.42. The quantitative estimate of drug-likeness (QED) is 0.918. The summed E-state index contributed by atoms with van der Waals surface area (Å²) in [5.41, 5.74) is 1.66. The second-order valence-electron chi connectivity index (χ2n) is 3.82. The second kappa shape index (κ2) is 5.56. The van der Waals surface area contributed by atoms with Gasteiger partial charge in [0.15, 0.2) is 6.04 Å². The molecule has 0 saturated heterocycles. The zero-order valence-electron chi connectivity index (χ0n) is 9.97. The maximum Gasteiger partial charge on any atom is 0.156 e. The zero-order valence-corrected chi connectivity index (χ0v) is 10.7. The van der Waals surface area contributed by atoms with Crippen LogP contribution in [0.3, 0.4) is 0 Å². The summed E-state index contributed by atoms with van der Waals surface area (Å²) < 4.78 is 1.94. The third kappa shape index (κ3) is 2.63. The molecule has 2 rings (SSSR count). The van der Waals surface area contributed by atoms with Crippen LogP contribution in [0.25, 0.3) is 0 Å². The van der Waals surface area contributed by atoms with Crippen molar-refractivity contribution in [2.24, 2.45) is 0 Å². The molecule has 4 nitrogen and oxygen atoms in total. The Labute approximate surface area is 111 Å². The molecule has 0 aliphatic heterocycles. The Kier molecular flexibility index (Phi) is 3.85. The first-order valence-corrected chi connectivity index (χ1v) is 6.04. The molecule has 0 spiro atoms. The number of anilines is 1. The number of nitrogens with zero attached hydrogens (tertiary/aromatic N) is 3. The maximum absolute atomic E-state index is 9.26. The van der Waals surface area contributed by atoms with Gasteiger partial charge in [-0.2, -0.15) is 5.26 Å². The molecule has 0 saturated carbocycles. The summed E-state index contributed by atoms with van der Waals surface area (Å²) >= 11 is 5.91. The van der Waals surface area contributed by atoms with Gasteiger partial charge < -0.3 is 9.88 Å². The molecule has 1 N–H and O–H groups in total. The first-order chi connectivity index (χ1) is 8.74. The fraction of sp³-hybridized carbons (Fsp3) is 0.231. The number of aryl methyl sites for hydroxylation is 1. The fourth-order valence-electron chi connectivity index (χ4n) is 1.75. The molecule has 0 bridgehead atoms. The predicted octanol–water partition coefficient (Wildman–Crippen LogP) is 3.23. The van der Waals surface area contributed by atoms with E-state index in [1.807, 2.05) is 23.6 Å². The lowest BCUT2D eigenvalue weighted by Crippen LogP contribution is -2.13. The molecule has 5 heteroatoms. The molecular formula is C13H13ClN4. The summed E-state index contributed by atoms with van der Waals surface area (Å²) in [4.78, 5) is 4.07. The lowest BCUT2D eigenvalue weighted by atomic mass is 10.2. The molecule has 1 aromatic carbocycles. The van der Waals surface area contributed by atoms with Crippen molar-refractivity contribution in [3.05, 3.63) is 47.5 Å². The van der Waals surface area contributed by atoms with Crippen LogP contribution in [0.1, 0.15) is 18.7 Å². The number of nitriles is 1. The van der Waals surface area contributed by atoms with E-state index < -0.39 is 6.04 Å². The van der Waals surface area contributed by atoms with Gasteiger partial charge >= 0.3 is 0 Å². The molecule has 0 radical (unpaired) electrons. The number of nitrogens with one attached hydrogen (secondary N) is 1. The molecule has 2 aromatic rings. The lowest BCUT2D eigenvalue weighted by Gasteiger charge is -2.14. The average molecular weight is 261 g/mol. The van der Waals surface area contributed by atoms with Gasteiger partial charge in [0.25, 0.3) is 0 Å². The summed E-state index contributed by atoms with van der Waals surface area (Å²) in [7, 11) is 0. The van der Waals surface area contributed by atoms with Gasteiger partial charge in [-0.25, -0.2) is 4.98 Å². The van der Waals surface area contributed by atoms with Crippen LogP contribution >= 0.6 is 11.6 Å². The van der Waals surface area contributed by atoms with Crippen LogP contribution < -0.4 is 5.32 Å². The lowest BCUT2D eigenvalue weighted by molar-refractivity contribution is 0.701. The first kappa shape index (κ1) is 12.5. The monoisotopic (exact) mass is 260 g/mol. The largest absolute Gasteiger partial charge is 0.365 e. The number of halogens is 1. The molecule has 1 heterocycles. The minimum atomic E-state index is -0.439. The van der Waals surface area contributed by atoms with Gasteiger partial charge in [0.2, 0.25) is 0 Å². The van der Waals surface area contributed by atoms with Crippen molar-refractivity contribution in [3.8, 4) is 6.07 Å². The van der Waals surface area contributed by atoms with E-state index in [9.17, 15) is 5.26 Å². The minimum Gasteiger partial charge on any atom is -0.365 e. The number of hydrogen-bond donors (Lipinski definition) is 1. The van der Waals surface area contributed by atoms with Crippen molar-refractivity contribution in [2.45, 2.75) is 19.5 Å². The summed E-state index contributed by atoms with van der Waals surface area (Å²) in [5.74, 6) is 0. The van der Waals surface area contributed by atoms with Crippen LogP contribution in [0.15, 0.2) is 36.8 Å². The van der Waals surface area contributed by atoms with Crippen molar-refractivity contribution in [3.63, 3.8) is 0 Å². The van der Waals surface area contributed by atoms with Crippen LogP contribution in [-0.4, -0.2) is 9.55 Å². The van der Waals surface area contributed by atoms with Crippen molar-refractivity contribution < 1.29 is 0 Å². The second-order valence-corrected chi connectivity index (χ2v) is 4.26. The van der Waals surface area contributed by atoms with Gasteiger partial charge in [-0.05, 0) is 25.1 Å². The molecule has 0 fully saturated rings. The summed E-state index contributed by atoms with van der Waals surface area (Å²) in [6, 6.07) is 9.10. The van der Waals surface area contributed by atoms with Crippen LogP contribution in [-0.2, 0) is 6.54 Å². The van der Waals surface area contributed by atoms with Gasteiger partial charge in [-0.1, -0.05) is 17.7 Å². The topological polar surface area (TPSA) is 53.6 Å². The molecule has 0 amide bonds. The van der Waals surface area contributed by atoms with Gasteiger partial charge in [0.05, 0.1) is 24.3 Å². The highest BCUT2D eigenvalue weighted by atomic mass is 35.5. The van der Waals surface area contributed by atoms with Crippen LogP contribution in [0.5, 0.6) is 0 Å². The van der Waals surface area contributed by atoms with Gasteiger partial charge in [-0.15, -0.1) is 0 Å². The molecule has 0 aliphatic carbocycles. The standard InChI is InChI=1S/C13H13ClN4/c1-2-18-9-16-8-13(18)12(7-15)17-11-5-3-4-10(14)6-11/h3-6,8-9,12,17H,2H2,1H3. The van der Waals surface area contributed by atoms with Crippen molar-refractivity contribution >= 4 is 17.3 Å². The first-order valence-electron chi connectivity index (χ1n) is 5.66. The van der Waals surface area contributed by atoms with E-state index in [2.05, 4.69) is 16.4 Å². The van der Waals surface area contributed by atoms with E-state index in [0.29, 0.717) is 5.02 Å². The van der Waals surface area contributed by atoms with E-state index in [-0.39, 0.29) is 0 Å². The Morgan fingerprint density at radius 2 is 2.39 bits per heavy atom. The number of rotatable bonds is 4. The smallest absolute Gasteiger partial charge is 0.156 e. The molecule has 1 aromatic heterocycles. The molecule has 1 unspecified atom stereocenters. The highest BCUT2D eigenvalue weighted by Crippen LogP contribution is 2.21. The summed E-state index contributed by atoms with van der Waals surface area (Å²) in [6.45, 7) is 2.80.